The lowest BCUT2D eigenvalue weighted by Crippen LogP contribution is -2.28. The first kappa shape index (κ1) is 15.3. The molecule has 20 heavy (non-hydrogen) atoms. The molecule has 1 aromatic rings. The summed E-state index contributed by atoms with van der Waals surface area (Å²) < 4.78 is 51.5. The zero-order valence-electron chi connectivity index (χ0n) is 11.6. The Morgan fingerprint density at radius 1 is 1.25 bits per heavy atom. The van der Waals surface area contributed by atoms with Crippen molar-refractivity contribution in [2.75, 3.05) is 6.54 Å². The van der Waals surface area contributed by atoms with Crippen LogP contribution in [-0.2, 0) is 12.7 Å². The molecule has 0 aliphatic heterocycles. The molecule has 2 rings (SSSR count). The first-order valence-electron chi connectivity index (χ1n) is 6.81. The number of rotatable bonds is 5. The number of benzene rings is 1. The van der Waals surface area contributed by atoms with Crippen LogP contribution in [0.15, 0.2) is 18.2 Å². The van der Waals surface area contributed by atoms with Crippen LogP contribution in [0.2, 0.25) is 0 Å². The Morgan fingerprint density at radius 3 is 2.40 bits per heavy atom. The van der Waals surface area contributed by atoms with Crippen LogP contribution < -0.4 is 5.32 Å². The standard InChI is InChI=1S/C15H19F4N/c1-10(2)14(5-6-14)9-20-8-11-3-4-12(16)7-13(11)15(17,18)19/h3-4,7,10,20H,5-6,8-9H2,1-2H3. The Balaban J connectivity index is 2.03. The minimum atomic E-state index is -4.52. The van der Waals surface area contributed by atoms with E-state index in [1.807, 2.05) is 0 Å². The lowest BCUT2D eigenvalue weighted by atomic mass is 9.92. The summed E-state index contributed by atoms with van der Waals surface area (Å²) >= 11 is 0. The van der Waals surface area contributed by atoms with Gasteiger partial charge in [-0.15, -0.1) is 0 Å². The van der Waals surface area contributed by atoms with Gasteiger partial charge in [0.15, 0.2) is 0 Å². The second-order valence-electron chi connectivity index (χ2n) is 5.92. The van der Waals surface area contributed by atoms with Gasteiger partial charge < -0.3 is 5.32 Å². The molecule has 1 aliphatic carbocycles. The maximum atomic E-state index is 13.0. The van der Waals surface area contributed by atoms with Crippen molar-refractivity contribution in [1.29, 1.82) is 0 Å². The van der Waals surface area contributed by atoms with Gasteiger partial charge in [-0.3, -0.25) is 0 Å². The minimum Gasteiger partial charge on any atom is -0.312 e. The smallest absolute Gasteiger partial charge is 0.312 e. The molecule has 0 radical (unpaired) electrons. The largest absolute Gasteiger partial charge is 0.416 e. The Morgan fingerprint density at radius 2 is 1.90 bits per heavy atom. The van der Waals surface area contributed by atoms with E-state index in [0.717, 1.165) is 18.9 Å². The van der Waals surface area contributed by atoms with Gasteiger partial charge in [0.25, 0.3) is 0 Å². The fourth-order valence-electron chi connectivity index (χ4n) is 2.53. The van der Waals surface area contributed by atoms with Gasteiger partial charge in [0.05, 0.1) is 5.56 Å². The fraction of sp³-hybridized carbons (Fsp3) is 0.600. The van der Waals surface area contributed by atoms with Crippen molar-refractivity contribution >= 4 is 0 Å². The van der Waals surface area contributed by atoms with E-state index in [2.05, 4.69) is 19.2 Å². The van der Waals surface area contributed by atoms with Gasteiger partial charge in [-0.2, -0.15) is 13.2 Å². The second kappa shape index (κ2) is 5.35. The van der Waals surface area contributed by atoms with E-state index in [1.165, 1.54) is 6.07 Å². The molecule has 5 heteroatoms. The first-order valence-corrected chi connectivity index (χ1v) is 6.81. The van der Waals surface area contributed by atoms with E-state index < -0.39 is 17.6 Å². The van der Waals surface area contributed by atoms with Crippen LogP contribution in [-0.4, -0.2) is 6.54 Å². The SMILES string of the molecule is CC(C)C1(CNCc2ccc(F)cc2C(F)(F)F)CC1. The van der Waals surface area contributed by atoms with Crippen molar-refractivity contribution in [3.05, 3.63) is 35.1 Å². The third-order valence-electron chi connectivity index (χ3n) is 4.29. The highest BCUT2D eigenvalue weighted by atomic mass is 19.4. The summed E-state index contributed by atoms with van der Waals surface area (Å²) in [7, 11) is 0. The fourth-order valence-corrected chi connectivity index (χ4v) is 2.53. The monoisotopic (exact) mass is 289 g/mol. The lowest BCUT2D eigenvalue weighted by Gasteiger charge is -2.21. The maximum absolute atomic E-state index is 13.0. The van der Waals surface area contributed by atoms with Gasteiger partial charge in [0.1, 0.15) is 5.82 Å². The van der Waals surface area contributed by atoms with Crippen LogP contribution in [0.1, 0.15) is 37.8 Å². The maximum Gasteiger partial charge on any atom is 0.416 e. The molecule has 0 bridgehead atoms. The number of alkyl halides is 3. The molecule has 1 saturated carbocycles. The summed E-state index contributed by atoms with van der Waals surface area (Å²) in [6.07, 6.45) is -2.28. The minimum absolute atomic E-state index is 0.0958. The van der Waals surface area contributed by atoms with Gasteiger partial charge in [-0.1, -0.05) is 19.9 Å². The van der Waals surface area contributed by atoms with E-state index >= 15 is 0 Å². The number of hydrogen-bond donors (Lipinski definition) is 1. The predicted octanol–water partition coefficient (Wildman–Crippen LogP) is 4.37. The highest BCUT2D eigenvalue weighted by molar-refractivity contribution is 5.30. The van der Waals surface area contributed by atoms with Gasteiger partial charge in [-0.25, -0.2) is 4.39 Å². The quantitative estimate of drug-likeness (QED) is 0.794. The summed E-state index contributed by atoms with van der Waals surface area (Å²) in [6.45, 7) is 5.09. The third-order valence-corrected chi connectivity index (χ3v) is 4.29. The molecule has 112 valence electrons. The molecule has 0 heterocycles. The van der Waals surface area contributed by atoms with E-state index in [-0.39, 0.29) is 17.5 Å². The summed E-state index contributed by atoms with van der Waals surface area (Å²) in [5.74, 6) is -0.341. The average molecular weight is 289 g/mol. The molecule has 0 saturated heterocycles. The molecule has 1 aliphatic rings. The van der Waals surface area contributed by atoms with Crippen molar-refractivity contribution in [2.45, 2.75) is 39.4 Å². The van der Waals surface area contributed by atoms with Crippen LogP contribution in [0.3, 0.4) is 0 Å². The van der Waals surface area contributed by atoms with Crippen LogP contribution >= 0.6 is 0 Å². The molecule has 0 unspecified atom stereocenters. The van der Waals surface area contributed by atoms with Gasteiger partial charge in [-0.05, 0) is 41.9 Å². The molecule has 1 nitrogen and oxygen atoms in total. The molecule has 1 aromatic carbocycles. The van der Waals surface area contributed by atoms with Crippen molar-refractivity contribution in [2.24, 2.45) is 11.3 Å². The second-order valence-corrected chi connectivity index (χ2v) is 5.92. The number of halogens is 4. The topological polar surface area (TPSA) is 12.0 Å². The average Bonchev–Trinajstić information content (AvgIpc) is 3.11. The molecule has 1 fully saturated rings. The Bertz CT molecular complexity index is 475. The molecule has 0 atom stereocenters. The van der Waals surface area contributed by atoms with E-state index in [4.69, 9.17) is 0 Å². The van der Waals surface area contributed by atoms with Crippen LogP contribution in [0, 0.1) is 17.2 Å². The van der Waals surface area contributed by atoms with Crippen molar-refractivity contribution in [3.8, 4) is 0 Å². The van der Waals surface area contributed by atoms with E-state index in [0.29, 0.717) is 18.5 Å². The van der Waals surface area contributed by atoms with E-state index in [1.54, 1.807) is 0 Å². The summed E-state index contributed by atoms with van der Waals surface area (Å²) in [5, 5.41) is 3.10. The molecular weight excluding hydrogens is 270 g/mol. The van der Waals surface area contributed by atoms with Crippen LogP contribution in [0.5, 0.6) is 0 Å². The first-order chi connectivity index (χ1) is 9.24. The third kappa shape index (κ3) is 3.32. The summed E-state index contributed by atoms with van der Waals surface area (Å²) in [4.78, 5) is 0. The number of hydrogen-bond acceptors (Lipinski definition) is 1. The van der Waals surface area contributed by atoms with Crippen LogP contribution in [0.25, 0.3) is 0 Å². The molecule has 1 N–H and O–H groups in total. The summed E-state index contributed by atoms with van der Waals surface area (Å²) in [5.41, 5.74) is -0.559. The Hall–Kier alpha value is -1.10. The summed E-state index contributed by atoms with van der Waals surface area (Å²) in [6, 6.07) is 2.84. The molecule has 0 aromatic heterocycles. The van der Waals surface area contributed by atoms with Crippen molar-refractivity contribution < 1.29 is 17.6 Å². The highest BCUT2D eigenvalue weighted by Gasteiger charge is 2.44. The lowest BCUT2D eigenvalue weighted by molar-refractivity contribution is -0.138. The zero-order valence-corrected chi connectivity index (χ0v) is 11.6. The molecular formula is C15H19F4N. The van der Waals surface area contributed by atoms with Gasteiger partial charge >= 0.3 is 6.18 Å². The normalized spacial score (nSPS) is 17.6. The Kier molecular flexibility index (Phi) is 4.09. The zero-order chi connectivity index (χ0) is 15.0. The van der Waals surface area contributed by atoms with Crippen molar-refractivity contribution in [3.63, 3.8) is 0 Å². The number of nitrogens with one attached hydrogen (secondary N) is 1. The van der Waals surface area contributed by atoms with Crippen molar-refractivity contribution in [1.82, 2.24) is 5.32 Å². The molecule has 0 amide bonds. The van der Waals surface area contributed by atoms with Gasteiger partial charge in [0, 0.05) is 13.1 Å². The van der Waals surface area contributed by atoms with Crippen LogP contribution in [0.4, 0.5) is 17.6 Å². The highest BCUT2D eigenvalue weighted by Crippen LogP contribution is 2.51. The Labute approximate surface area is 116 Å². The van der Waals surface area contributed by atoms with E-state index in [9.17, 15) is 17.6 Å². The molecule has 0 spiro atoms. The van der Waals surface area contributed by atoms with Gasteiger partial charge in [0.2, 0.25) is 0 Å². The predicted molar refractivity (Wildman–Crippen MR) is 69.6 cm³/mol.